The molecule has 0 aliphatic rings. The number of imidazole rings is 1. The predicted octanol–water partition coefficient (Wildman–Crippen LogP) is 2.80. The summed E-state index contributed by atoms with van der Waals surface area (Å²) in [6.45, 7) is 0.500. The first-order valence-corrected chi connectivity index (χ1v) is 6.78. The van der Waals surface area contributed by atoms with Crippen molar-refractivity contribution in [1.29, 1.82) is 0 Å². The minimum atomic E-state index is -0.282. The van der Waals surface area contributed by atoms with Crippen LogP contribution >= 0.6 is 11.6 Å². The van der Waals surface area contributed by atoms with Crippen LogP contribution in [0.15, 0.2) is 36.5 Å². The van der Waals surface area contributed by atoms with Crippen molar-refractivity contribution in [2.24, 2.45) is 0 Å². The summed E-state index contributed by atoms with van der Waals surface area (Å²) in [5, 5.41) is 7.91. The van der Waals surface area contributed by atoms with Crippen molar-refractivity contribution in [3.05, 3.63) is 53.9 Å². The van der Waals surface area contributed by atoms with Crippen LogP contribution in [0.25, 0.3) is 11.0 Å². The van der Waals surface area contributed by atoms with Crippen LogP contribution in [-0.4, -0.2) is 25.6 Å². The fraction of sp³-hybridized carbons (Fsp3) is 0.214. The third kappa shape index (κ3) is 2.49. The number of nitrogens with zero attached hydrogens (tertiary/aromatic N) is 4. The van der Waals surface area contributed by atoms with E-state index in [1.165, 1.54) is 12.1 Å². The van der Waals surface area contributed by atoms with Crippen LogP contribution in [0.2, 0.25) is 0 Å². The van der Waals surface area contributed by atoms with Gasteiger partial charge in [0.2, 0.25) is 0 Å². The second kappa shape index (κ2) is 5.54. The van der Waals surface area contributed by atoms with E-state index in [1.54, 1.807) is 12.3 Å². The van der Waals surface area contributed by atoms with Gasteiger partial charge in [0, 0.05) is 18.5 Å². The Bertz CT molecular complexity index is 727. The molecule has 0 aliphatic carbocycles. The van der Waals surface area contributed by atoms with Gasteiger partial charge in [0.25, 0.3) is 0 Å². The zero-order chi connectivity index (χ0) is 13.9. The Balaban J connectivity index is 2.10. The summed E-state index contributed by atoms with van der Waals surface area (Å²) >= 11 is 5.81. The monoisotopic (exact) mass is 290 g/mol. The van der Waals surface area contributed by atoms with E-state index in [0.29, 0.717) is 18.8 Å². The molecule has 2 heterocycles. The SMILES string of the molecule is Fc1ccc2nc(CCCl)n(Cc3cccnn3)c2c1. The number of hydrogen-bond donors (Lipinski definition) is 0. The molecule has 4 nitrogen and oxygen atoms in total. The molecule has 3 rings (SSSR count). The van der Waals surface area contributed by atoms with Crippen LogP contribution in [0.5, 0.6) is 0 Å². The predicted molar refractivity (Wildman–Crippen MR) is 75.2 cm³/mol. The van der Waals surface area contributed by atoms with Crippen LogP contribution in [0.4, 0.5) is 4.39 Å². The highest BCUT2D eigenvalue weighted by atomic mass is 35.5. The quantitative estimate of drug-likeness (QED) is 0.694. The summed E-state index contributed by atoms with van der Waals surface area (Å²) in [5.41, 5.74) is 2.30. The van der Waals surface area contributed by atoms with Gasteiger partial charge in [-0.05, 0) is 30.3 Å². The highest BCUT2D eigenvalue weighted by Crippen LogP contribution is 2.19. The van der Waals surface area contributed by atoms with E-state index in [0.717, 1.165) is 22.6 Å². The number of aryl methyl sites for hydroxylation is 1. The minimum absolute atomic E-state index is 0.282. The summed E-state index contributed by atoms with van der Waals surface area (Å²) in [6, 6.07) is 8.27. The number of rotatable bonds is 4. The van der Waals surface area contributed by atoms with Crippen LogP contribution in [0.1, 0.15) is 11.5 Å². The van der Waals surface area contributed by atoms with Gasteiger partial charge in [-0.3, -0.25) is 0 Å². The number of fused-ring (bicyclic) bond motifs is 1. The zero-order valence-electron chi connectivity index (χ0n) is 10.6. The second-order valence-electron chi connectivity index (χ2n) is 4.40. The molecule has 3 aromatic rings. The molecule has 0 saturated carbocycles. The molecule has 0 atom stereocenters. The maximum Gasteiger partial charge on any atom is 0.125 e. The summed E-state index contributed by atoms with van der Waals surface area (Å²) in [4.78, 5) is 4.50. The van der Waals surface area contributed by atoms with Crippen molar-refractivity contribution in [3.8, 4) is 0 Å². The first-order chi connectivity index (χ1) is 9.78. The van der Waals surface area contributed by atoms with Crippen LogP contribution < -0.4 is 0 Å². The van der Waals surface area contributed by atoms with E-state index < -0.39 is 0 Å². The van der Waals surface area contributed by atoms with Gasteiger partial charge in [-0.15, -0.1) is 11.6 Å². The van der Waals surface area contributed by atoms with E-state index in [-0.39, 0.29) is 5.82 Å². The molecule has 6 heteroatoms. The molecule has 0 radical (unpaired) electrons. The average Bonchev–Trinajstić information content (AvgIpc) is 2.78. The van der Waals surface area contributed by atoms with Crippen molar-refractivity contribution in [1.82, 2.24) is 19.7 Å². The molecule has 0 fully saturated rings. The Morgan fingerprint density at radius 2 is 2.15 bits per heavy atom. The summed E-state index contributed by atoms with van der Waals surface area (Å²) in [7, 11) is 0. The fourth-order valence-electron chi connectivity index (χ4n) is 2.18. The lowest BCUT2D eigenvalue weighted by Crippen LogP contribution is -2.07. The molecular formula is C14H12ClFN4. The maximum atomic E-state index is 13.5. The van der Waals surface area contributed by atoms with Crippen LogP contribution in [0.3, 0.4) is 0 Å². The lowest BCUT2D eigenvalue weighted by atomic mass is 10.3. The van der Waals surface area contributed by atoms with Gasteiger partial charge in [-0.25, -0.2) is 9.37 Å². The second-order valence-corrected chi connectivity index (χ2v) is 4.78. The van der Waals surface area contributed by atoms with E-state index in [9.17, 15) is 4.39 Å². The molecule has 0 N–H and O–H groups in total. The van der Waals surface area contributed by atoms with Crippen molar-refractivity contribution >= 4 is 22.6 Å². The van der Waals surface area contributed by atoms with Gasteiger partial charge in [-0.2, -0.15) is 10.2 Å². The summed E-state index contributed by atoms with van der Waals surface area (Å²) in [5.74, 6) is 1.01. The molecule has 0 spiro atoms. The van der Waals surface area contributed by atoms with E-state index >= 15 is 0 Å². The summed E-state index contributed by atoms with van der Waals surface area (Å²) in [6.07, 6.45) is 2.24. The summed E-state index contributed by atoms with van der Waals surface area (Å²) < 4.78 is 15.4. The number of aromatic nitrogens is 4. The van der Waals surface area contributed by atoms with E-state index in [2.05, 4.69) is 15.2 Å². The Labute approximate surface area is 120 Å². The first-order valence-electron chi connectivity index (χ1n) is 6.25. The first kappa shape index (κ1) is 13.0. The molecule has 0 amide bonds. The highest BCUT2D eigenvalue weighted by Gasteiger charge is 2.12. The molecule has 0 aliphatic heterocycles. The Kier molecular flexibility index (Phi) is 3.60. The van der Waals surface area contributed by atoms with Gasteiger partial charge in [0.1, 0.15) is 11.6 Å². The highest BCUT2D eigenvalue weighted by molar-refractivity contribution is 6.17. The number of halogens is 2. The molecule has 2 aromatic heterocycles. The number of hydrogen-bond acceptors (Lipinski definition) is 3. The van der Waals surface area contributed by atoms with Gasteiger partial charge >= 0.3 is 0 Å². The van der Waals surface area contributed by atoms with Gasteiger partial charge in [-0.1, -0.05) is 0 Å². The standard InChI is InChI=1S/C14H12ClFN4/c15-6-5-14-18-12-4-3-10(16)8-13(12)20(14)9-11-2-1-7-17-19-11/h1-4,7-8H,5-6,9H2. The van der Waals surface area contributed by atoms with Crippen molar-refractivity contribution < 1.29 is 4.39 Å². The largest absolute Gasteiger partial charge is 0.322 e. The van der Waals surface area contributed by atoms with Gasteiger partial charge in [0.05, 0.1) is 23.3 Å². The molecule has 0 unspecified atom stereocenters. The molecule has 20 heavy (non-hydrogen) atoms. The zero-order valence-corrected chi connectivity index (χ0v) is 11.4. The molecule has 0 bridgehead atoms. The Morgan fingerprint density at radius 3 is 2.90 bits per heavy atom. The van der Waals surface area contributed by atoms with E-state index in [1.807, 2.05) is 16.7 Å². The lowest BCUT2D eigenvalue weighted by Gasteiger charge is -2.07. The Hall–Kier alpha value is -2.01. The van der Waals surface area contributed by atoms with Gasteiger partial charge in [0.15, 0.2) is 0 Å². The van der Waals surface area contributed by atoms with Crippen molar-refractivity contribution in [2.75, 3.05) is 5.88 Å². The topological polar surface area (TPSA) is 43.6 Å². The molecule has 1 aromatic carbocycles. The van der Waals surface area contributed by atoms with Gasteiger partial charge < -0.3 is 4.57 Å². The molecule has 102 valence electrons. The van der Waals surface area contributed by atoms with Crippen LogP contribution in [-0.2, 0) is 13.0 Å². The lowest BCUT2D eigenvalue weighted by molar-refractivity contribution is 0.628. The third-order valence-corrected chi connectivity index (χ3v) is 3.24. The maximum absolute atomic E-state index is 13.5. The Morgan fingerprint density at radius 1 is 1.25 bits per heavy atom. The minimum Gasteiger partial charge on any atom is -0.322 e. The number of benzene rings is 1. The molecular weight excluding hydrogens is 279 g/mol. The fourth-order valence-corrected chi connectivity index (χ4v) is 2.35. The van der Waals surface area contributed by atoms with Crippen molar-refractivity contribution in [3.63, 3.8) is 0 Å². The molecule has 0 saturated heterocycles. The number of alkyl halides is 1. The smallest absolute Gasteiger partial charge is 0.125 e. The average molecular weight is 291 g/mol. The van der Waals surface area contributed by atoms with E-state index in [4.69, 9.17) is 11.6 Å². The van der Waals surface area contributed by atoms with Crippen LogP contribution in [0, 0.1) is 5.82 Å². The normalized spacial score (nSPS) is 11.1. The third-order valence-electron chi connectivity index (χ3n) is 3.06. The van der Waals surface area contributed by atoms with Crippen molar-refractivity contribution in [2.45, 2.75) is 13.0 Å².